The fraction of sp³-hybridized carbons (Fsp3) is 0.500. The molecule has 8 heteroatoms. The molecular formula is C32H44N2O6. The average Bonchev–Trinajstić information content (AvgIpc) is 3.22. The van der Waals surface area contributed by atoms with Gasteiger partial charge in [0.25, 0.3) is 11.7 Å². The molecule has 0 aromatic heterocycles. The van der Waals surface area contributed by atoms with E-state index in [1.54, 1.807) is 42.3 Å². The molecule has 1 N–H and O–H groups in total. The van der Waals surface area contributed by atoms with Crippen molar-refractivity contribution < 1.29 is 28.9 Å². The molecule has 0 bridgehead atoms. The minimum atomic E-state index is -0.768. The predicted molar refractivity (Wildman–Crippen MR) is 157 cm³/mol. The Morgan fingerprint density at radius 3 is 2.40 bits per heavy atom. The van der Waals surface area contributed by atoms with Crippen molar-refractivity contribution in [3.8, 4) is 17.2 Å². The highest BCUT2D eigenvalue weighted by Gasteiger charge is 2.46. The van der Waals surface area contributed by atoms with Gasteiger partial charge in [-0.2, -0.15) is 0 Å². The van der Waals surface area contributed by atoms with Gasteiger partial charge in [-0.15, -0.1) is 0 Å². The van der Waals surface area contributed by atoms with Crippen LogP contribution in [-0.2, 0) is 9.59 Å². The molecule has 0 aliphatic carbocycles. The number of benzene rings is 2. The van der Waals surface area contributed by atoms with E-state index in [1.807, 2.05) is 19.1 Å². The molecule has 2 aromatic rings. The Kier molecular flexibility index (Phi) is 11.9. The van der Waals surface area contributed by atoms with Crippen molar-refractivity contribution in [3.63, 3.8) is 0 Å². The Labute approximate surface area is 238 Å². The van der Waals surface area contributed by atoms with Crippen LogP contribution in [0.4, 0.5) is 0 Å². The number of aliphatic hydroxyl groups excluding tert-OH is 1. The lowest BCUT2D eigenvalue weighted by Crippen LogP contribution is -2.33. The highest BCUT2D eigenvalue weighted by atomic mass is 16.5. The molecule has 40 heavy (non-hydrogen) atoms. The van der Waals surface area contributed by atoms with E-state index in [2.05, 4.69) is 25.7 Å². The maximum absolute atomic E-state index is 13.5. The molecule has 1 atom stereocenters. The Morgan fingerprint density at radius 2 is 1.73 bits per heavy atom. The third-order valence-corrected chi connectivity index (χ3v) is 7.24. The van der Waals surface area contributed by atoms with Crippen LogP contribution in [0.3, 0.4) is 0 Å². The zero-order valence-corrected chi connectivity index (χ0v) is 24.6. The molecule has 1 saturated heterocycles. The molecule has 1 unspecified atom stereocenters. The van der Waals surface area contributed by atoms with Crippen LogP contribution >= 0.6 is 0 Å². The second-order valence-corrected chi connectivity index (χ2v) is 9.80. The molecule has 0 spiro atoms. The van der Waals surface area contributed by atoms with Crippen molar-refractivity contribution >= 4 is 17.4 Å². The first-order valence-corrected chi connectivity index (χ1v) is 14.4. The first kappa shape index (κ1) is 31.0. The molecule has 1 aliphatic heterocycles. The summed E-state index contributed by atoms with van der Waals surface area (Å²) in [6.45, 7) is 12.2. The molecule has 0 radical (unpaired) electrons. The number of ketones is 1. The zero-order valence-electron chi connectivity index (χ0n) is 24.6. The van der Waals surface area contributed by atoms with Gasteiger partial charge in [-0.05, 0) is 69.2 Å². The Morgan fingerprint density at radius 1 is 0.950 bits per heavy atom. The molecular weight excluding hydrogens is 508 g/mol. The van der Waals surface area contributed by atoms with Gasteiger partial charge in [-0.3, -0.25) is 9.59 Å². The summed E-state index contributed by atoms with van der Waals surface area (Å²) in [6.07, 6.45) is 3.81. The van der Waals surface area contributed by atoms with Gasteiger partial charge in [-0.25, -0.2) is 0 Å². The Bertz CT molecular complexity index is 1170. The van der Waals surface area contributed by atoms with Crippen molar-refractivity contribution in [2.24, 2.45) is 0 Å². The number of rotatable bonds is 16. The van der Waals surface area contributed by atoms with Crippen LogP contribution in [0.1, 0.15) is 70.5 Å². The van der Waals surface area contributed by atoms with E-state index in [-0.39, 0.29) is 11.3 Å². The maximum Gasteiger partial charge on any atom is 0.295 e. The summed E-state index contributed by atoms with van der Waals surface area (Å²) in [5.41, 5.74) is 1.14. The van der Waals surface area contributed by atoms with Crippen molar-refractivity contribution in [1.82, 2.24) is 9.80 Å². The third-order valence-electron chi connectivity index (χ3n) is 7.24. The number of likely N-dealkylation sites (tertiary alicyclic amines) is 1. The topological polar surface area (TPSA) is 88.5 Å². The monoisotopic (exact) mass is 552 g/mol. The number of Topliss-reactive ketones (excluding diaryl/α,β-unsaturated/α-hetero) is 1. The Balaban J connectivity index is 2.05. The smallest absolute Gasteiger partial charge is 0.295 e. The lowest BCUT2D eigenvalue weighted by Gasteiger charge is -2.27. The number of amides is 1. The van der Waals surface area contributed by atoms with Gasteiger partial charge in [0, 0.05) is 12.1 Å². The van der Waals surface area contributed by atoms with E-state index in [4.69, 9.17) is 14.2 Å². The number of carbonyl (C=O) groups excluding carboxylic acids is 2. The summed E-state index contributed by atoms with van der Waals surface area (Å²) in [6, 6.07) is 11.6. The van der Waals surface area contributed by atoms with E-state index in [9.17, 15) is 14.7 Å². The largest absolute Gasteiger partial charge is 0.507 e. The van der Waals surface area contributed by atoms with E-state index in [0.717, 1.165) is 38.9 Å². The van der Waals surface area contributed by atoms with Gasteiger partial charge in [0.2, 0.25) is 0 Å². The maximum atomic E-state index is 13.5. The summed E-state index contributed by atoms with van der Waals surface area (Å²) in [7, 11) is 1.57. The van der Waals surface area contributed by atoms with Crippen molar-refractivity contribution in [2.45, 2.75) is 59.4 Å². The second kappa shape index (κ2) is 15.3. The first-order valence-electron chi connectivity index (χ1n) is 14.4. The van der Waals surface area contributed by atoms with Crippen molar-refractivity contribution in [2.75, 3.05) is 46.5 Å². The fourth-order valence-electron chi connectivity index (χ4n) is 5.02. The van der Waals surface area contributed by atoms with Gasteiger partial charge < -0.3 is 29.1 Å². The molecule has 1 amide bonds. The van der Waals surface area contributed by atoms with E-state index < -0.39 is 17.7 Å². The highest BCUT2D eigenvalue weighted by Crippen LogP contribution is 2.42. The number of carbonyl (C=O) groups is 2. The van der Waals surface area contributed by atoms with E-state index >= 15 is 0 Å². The zero-order chi connectivity index (χ0) is 29.1. The normalized spacial score (nSPS) is 16.6. The standard InChI is InChI=1S/C32H44N2O6/c1-6-10-11-20-40-26-17-16-23(22-27(26)38-5)29-28(30(35)24-14-12-15-25(21-24)39-9-4)31(36)32(37)34(29)19-13-18-33(7-2)8-3/h12,14-17,21-22,29,35H,6-11,13,18-20H2,1-5H3. The number of methoxy groups -OCH3 is 1. The van der Waals surface area contributed by atoms with Crippen LogP contribution < -0.4 is 14.2 Å². The number of aliphatic hydroxyl groups is 1. The van der Waals surface area contributed by atoms with Crippen LogP contribution in [0.25, 0.3) is 5.76 Å². The summed E-state index contributed by atoms with van der Waals surface area (Å²) >= 11 is 0. The third kappa shape index (κ3) is 7.36. The SMILES string of the molecule is CCCCCOc1ccc(C2C(=C(O)c3cccc(OCC)c3)C(=O)C(=O)N2CCCN(CC)CC)cc1OC. The van der Waals surface area contributed by atoms with E-state index in [1.165, 1.54) is 0 Å². The Hall–Kier alpha value is -3.52. The molecule has 218 valence electrons. The number of hydrogen-bond donors (Lipinski definition) is 1. The average molecular weight is 553 g/mol. The molecule has 1 aliphatic rings. The molecule has 3 rings (SSSR count). The molecule has 8 nitrogen and oxygen atoms in total. The van der Waals surface area contributed by atoms with Crippen LogP contribution in [0, 0.1) is 0 Å². The van der Waals surface area contributed by atoms with Gasteiger partial charge in [0.1, 0.15) is 11.5 Å². The van der Waals surface area contributed by atoms with Crippen LogP contribution in [0.2, 0.25) is 0 Å². The fourth-order valence-corrected chi connectivity index (χ4v) is 5.02. The number of hydrogen-bond acceptors (Lipinski definition) is 7. The lowest BCUT2D eigenvalue weighted by atomic mass is 9.95. The number of ether oxygens (including phenoxy) is 3. The minimum Gasteiger partial charge on any atom is -0.507 e. The van der Waals surface area contributed by atoms with Crippen LogP contribution in [0.15, 0.2) is 48.0 Å². The summed E-state index contributed by atoms with van der Waals surface area (Å²) in [4.78, 5) is 30.7. The minimum absolute atomic E-state index is 0.0557. The second-order valence-electron chi connectivity index (χ2n) is 9.80. The first-order chi connectivity index (χ1) is 19.4. The molecule has 2 aromatic carbocycles. The summed E-state index contributed by atoms with van der Waals surface area (Å²) in [5.74, 6) is 0.140. The molecule has 0 saturated carbocycles. The van der Waals surface area contributed by atoms with Crippen molar-refractivity contribution in [1.29, 1.82) is 0 Å². The predicted octanol–water partition coefficient (Wildman–Crippen LogP) is 5.82. The summed E-state index contributed by atoms with van der Waals surface area (Å²) in [5, 5.41) is 11.4. The summed E-state index contributed by atoms with van der Waals surface area (Å²) < 4.78 is 17.2. The van der Waals surface area contributed by atoms with Gasteiger partial charge in [0.15, 0.2) is 11.5 Å². The highest BCUT2D eigenvalue weighted by molar-refractivity contribution is 6.46. The van der Waals surface area contributed by atoms with Gasteiger partial charge in [0.05, 0.1) is 31.9 Å². The van der Waals surface area contributed by atoms with Crippen LogP contribution in [0.5, 0.6) is 17.2 Å². The van der Waals surface area contributed by atoms with Gasteiger partial charge in [-0.1, -0.05) is 51.8 Å². The van der Waals surface area contributed by atoms with Crippen LogP contribution in [-0.4, -0.2) is 73.1 Å². The molecule has 1 fully saturated rings. The quantitative estimate of drug-likeness (QED) is 0.122. The lowest BCUT2D eigenvalue weighted by molar-refractivity contribution is -0.140. The van der Waals surface area contributed by atoms with Gasteiger partial charge >= 0.3 is 0 Å². The molecule has 1 heterocycles. The van der Waals surface area contributed by atoms with Crippen molar-refractivity contribution in [3.05, 3.63) is 59.2 Å². The number of unbranched alkanes of at least 4 members (excludes halogenated alkanes) is 2. The van der Waals surface area contributed by atoms with E-state index in [0.29, 0.717) is 54.6 Å². The number of nitrogens with zero attached hydrogens (tertiary/aromatic N) is 2.